The second-order valence-electron chi connectivity index (χ2n) is 7.27. The lowest BCUT2D eigenvalue weighted by Gasteiger charge is -2.34. The zero-order valence-corrected chi connectivity index (χ0v) is 18.2. The summed E-state index contributed by atoms with van der Waals surface area (Å²) in [6, 6.07) is 8.12. The Kier molecular flexibility index (Phi) is 8.53. The minimum Gasteiger partial charge on any atom is -0.493 e. The number of rotatable bonds is 9. The molecule has 1 saturated heterocycles. The Balaban J connectivity index is 1.62. The number of aromatic nitrogens is 2. The van der Waals surface area contributed by atoms with Gasteiger partial charge in [-0.25, -0.2) is 4.99 Å². The summed E-state index contributed by atoms with van der Waals surface area (Å²) in [5.41, 5.74) is 2.21. The Bertz CT molecular complexity index is 808. The normalized spacial score (nSPS) is 17.2. The van der Waals surface area contributed by atoms with E-state index >= 15 is 0 Å². The van der Waals surface area contributed by atoms with Crippen LogP contribution in [-0.4, -0.2) is 67.2 Å². The molecule has 1 unspecified atom stereocenters. The molecule has 8 heteroatoms. The van der Waals surface area contributed by atoms with E-state index < -0.39 is 0 Å². The number of methoxy groups -OCH3 is 1. The maximum Gasteiger partial charge on any atom is 0.194 e. The molecule has 1 N–H and O–H groups in total. The van der Waals surface area contributed by atoms with Gasteiger partial charge in [0, 0.05) is 52.0 Å². The summed E-state index contributed by atoms with van der Waals surface area (Å²) in [4.78, 5) is 7.13. The molecular formula is C22H33N5O3. The van der Waals surface area contributed by atoms with Crippen LogP contribution < -0.4 is 10.1 Å². The van der Waals surface area contributed by atoms with E-state index in [0.29, 0.717) is 26.4 Å². The molecule has 3 rings (SSSR count). The maximum atomic E-state index is 5.97. The van der Waals surface area contributed by atoms with Crippen LogP contribution >= 0.6 is 0 Å². The first-order valence-electron chi connectivity index (χ1n) is 10.5. The molecule has 1 aliphatic rings. The van der Waals surface area contributed by atoms with Crippen LogP contribution in [0.5, 0.6) is 5.75 Å². The van der Waals surface area contributed by atoms with E-state index in [1.165, 1.54) is 0 Å². The lowest BCUT2D eigenvalue weighted by atomic mass is 10.1. The monoisotopic (exact) mass is 415 g/mol. The Hall–Kier alpha value is -2.58. The molecule has 1 aliphatic heterocycles. The first-order valence-corrected chi connectivity index (χ1v) is 10.5. The average Bonchev–Trinajstić information content (AvgIpc) is 3.21. The standard InChI is InChI=1S/C22H33N5O3/c1-4-23-22(27-9-12-30-21(17-27)19-15-25-26(2)16-19)24-14-18-7-5-8-20(13-18)29-11-6-10-28-3/h5,7-8,13,15-16,21H,4,6,9-12,14,17H2,1-3H3,(H,23,24). The minimum absolute atomic E-state index is 0.000124. The van der Waals surface area contributed by atoms with Gasteiger partial charge in [0.2, 0.25) is 0 Å². The Labute approximate surface area is 178 Å². The van der Waals surface area contributed by atoms with Crippen molar-refractivity contribution in [3.8, 4) is 5.75 Å². The van der Waals surface area contributed by atoms with Crippen molar-refractivity contribution in [2.45, 2.75) is 26.0 Å². The van der Waals surface area contributed by atoms with Gasteiger partial charge in [-0.1, -0.05) is 12.1 Å². The fourth-order valence-corrected chi connectivity index (χ4v) is 3.37. The number of nitrogens with zero attached hydrogens (tertiary/aromatic N) is 4. The van der Waals surface area contributed by atoms with Gasteiger partial charge in [-0.3, -0.25) is 4.68 Å². The van der Waals surface area contributed by atoms with Crippen molar-refractivity contribution in [1.82, 2.24) is 20.0 Å². The molecule has 30 heavy (non-hydrogen) atoms. The van der Waals surface area contributed by atoms with Crippen LogP contribution in [0.15, 0.2) is 41.7 Å². The topological polar surface area (TPSA) is 73.1 Å². The Morgan fingerprint density at radius 2 is 2.27 bits per heavy atom. The number of benzene rings is 1. The Morgan fingerprint density at radius 3 is 3.03 bits per heavy atom. The number of hydrogen-bond acceptors (Lipinski definition) is 5. The molecule has 0 radical (unpaired) electrons. The molecule has 0 saturated carbocycles. The molecule has 0 aliphatic carbocycles. The molecule has 0 bridgehead atoms. The van der Waals surface area contributed by atoms with Crippen molar-refractivity contribution in [2.24, 2.45) is 12.0 Å². The highest BCUT2D eigenvalue weighted by Gasteiger charge is 2.25. The van der Waals surface area contributed by atoms with Crippen molar-refractivity contribution in [3.05, 3.63) is 47.8 Å². The van der Waals surface area contributed by atoms with E-state index in [-0.39, 0.29) is 6.10 Å². The van der Waals surface area contributed by atoms with E-state index in [4.69, 9.17) is 19.2 Å². The molecule has 2 heterocycles. The van der Waals surface area contributed by atoms with Crippen LogP contribution in [-0.2, 0) is 23.1 Å². The molecule has 8 nitrogen and oxygen atoms in total. The van der Waals surface area contributed by atoms with Gasteiger partial charge in [0.25, 0.3) is 0 Å². The van der Waals surface area contributed by atoms with Gasteiger partial charge in [-0.2, -0.15) is 5.10 Å². The van der Waals surface area contributed by atoms with Crippen LogP contribution in [0.4, 0.5) is 0 Å². The molecule has 1 atom stereocenters. The number of aliphatic imine (C=N–C) groups is 1. The van der Waals surface area contributed by atoms with E-state index in [2.05, 4.69) is 34.4 Å². The highest BCUT2D eigenvalue weighted by atomic mass is 16.5. The average molecular weight is 416 g/mol. The fourth-order valence-electron chi connectivity index (χ4n) is 3.37. The molecule has 1 fully saturated rings. The SMILES string of the molecule is CCNC(=NCc1cccc(OCCCOC)c1)N1CCOC(c2cnn(C)c2)C1. The zero-order chi connectivity index (χ0) is 21.2. The largest absolute Gasteiger partial charge is 0.493 e. The summed E-state index contributed by atoms with van der Waals surface area (Å²) in [6.07, 6.45) is 4.76. The Morgan fingerprint density at radius 1 is 1.37 bits per heavy atom. The first-order chi connectivity index (χ1) is 14.7. The van der Waals surface area contributed by atoms with Gasteiger partial charge in [-0.05, 0) is 24.6 Å². The number of morpholine rings is 1. The third-order valence-electron chi connectivity index (χ3n) is 4.87. The number of ether oxygens (including phenoxy) is 3. The zero-order valence-electron chi connectivity index (χ0n) is 18.2. The quantitative estimate of drug-likeness (QED) is 0.385. The summed E-state index contributed by atoms with van der Waals surface area (Å²) < 4.78 is 18.6. The van der Waals surface area contributed by atoms with Crippen molar-refractivity contribution >= 4 is 5.96 Å². The number of hydrogen-bond donors (Lipinski definition) is 1. The molecule has 0 spiro atoms. The minimum atomic E-state index is 0.000124. The predicted molar refractivity (Wildman–Crippen MR) is 117 cm³/mol. The third kappa shape index (κ3) is 6.47. The molecule has 1 aromatic heterocycles. The van der Waals surface area contributed by atoms with E-state index in [1.54, 1.807) is 11.8 Å². The summed E-state index contributed by atoms with van der Waals surface area (Å²) in [5.74, 6) is 1.77. The highest BCUT2D eigenvalue weighted by molar-refractivity contribution is 5.80. The van der Waals surface area contributed by atoms with Crippen LogP contribution in [0.1, 0.15) is 30.6 Å². The number of guanidine groups is 1. The van der Waals surface area contributed by atoms with E-state index in [0.717, 1.165) is 48.9 Å². The van der Waals surface area contributed by atoms with Crippen LogP contribution in [0.25, 0.3) is 0 Å². The van der Waals surface area contributed by atoms with Gasteiger partial charge in [0.15, 0.2) is 5.96 Å². The van der Waals surface area contributed by atoms with E-state index in [1.807, 2.05) is 31.6 Å². The number of nitrogens with one attached hydrogen (secondary N) is 1. The van der Waals surface area contributed by atoms with Crippen LogP contribution in [0.3, 0.4) is 0 Å². The maximum absolute atomic E-state index is 5.97. The van der Waals surface area contributed by atoms with Crippen molar-refractivity contribution < 1.29 is 14.2 Å². The summed E-state index contributed by atoms with van der Waals surface area (Å²) in [5, 5.41) is 7.68. The van der Waals surface area contributed by atoms with Crippen molar-refractivity contribution in [3.63, 3.8) is 0 Å². The lowest BCUT2D eigenvalue weighted by Crippen LogP contribution is -2.48. The van der Waals surface area contributed by atoms with Gasteiger partial charge < -0.3 is 24.4 Å². The summed E-state index contributed by atoms with van der Waals surface area (Å²) >= 11 is 0. The van der Waals surface area contributed by atoms with Gasteiger partial charge >= 0.3 is 0 Å². The molecular weight excluding hydrogens is 382 g/mol. The summed E-state index contributed by atoms with van der Waals surface area (Å²) in [6.45, 7) is 7.06. The molecule has 1 aromatic carbocycles. The second kappa shape index (κ2) is 11.6. The van der Waals surface area contributed by atoms with Crippen molar-refractivity contribution in [1.29, 1.82) is 0 Å². The highest BCUT2D eigenvalue weighted by Crippen LogP contribution is 2.22. The second-order valence-corrected chi connectivity index (χ2v) is 7.27. The van der Waals surface area contributed by atoms with Gasteiger partial charge in [0.05, 0.1) is 32.5 Å². The molecule has 2 aromatic rings. The lowest BCUT2D eigenvalue weighted by molar-refractivity contribution is -0.00805. The molecule has 164 valence electrons. The smallest absolute Gasteiger partial charge is 0.194 e. The van der Waals surface area contributed by atoms with Gasteiger partial charge in [-0.15, -0.1) is 0 Å². The summed E-state index contributed by atoms with van der Waals surface area (Å²) in [7, 11) is 3.62. The molecule has 0 amide bonds. The first kappa shape index (κ1) is 22.1. The van der Waals surface area contributed by atoms with Crippen LogP contribution in [0, 0.1) is 0 Å². The van der Waals surface area contributed by atoms with Gasteiger partial charge in [0.1, 0.15) is 11.9 Å². The van der Waals surface area contributed by atoms with Crippen LogP contribution in [0.2, 0.25) is 0 Å². The number of aryl methyl sites for hydroxylation is 1. The third-order valence-corrected chi connectivity index (χ3v) is 4.87. The van der Waals surface area contributed by atoms with Crippen molar-refractivity contribution in [2.75, 3.05) is 46.6 Å². The fraction of sp³-hybridized carbons (Fsp3) is 0.545. The predicted octanol–water partition coefficient (Wildman–Crippen LogP) is 2.37. The van der Waals surface area contributed by atoms with E-state index in [9.17, 15) is 0 Å².